The van der Waals surface area contributed by atoms with Crippen molar-refractivity contribution >= 4 is 22.6 Å². The largest absolute Gasteiger partial charge is 0.376 e. The van der Waals surface area contributed by atoms with Gasteiger partial charge in [0.05, 0.1) is 18.8 Å². The van der Waals surface area contributed by atoms with Gasteiger partial charge in [-0.25, -0.2) is 0 Å². The highest BCUT2D eigenvalue weighted by Crippen LogP contribution is 2.27. The van der Waals surface area contributed by atoms with E-state index in [1.807, 2.05) is 0 Å². The van der Waals surface area contributed by atoms with Crippen LogP contribution in [0.5, 0.6) is 0 Å². The summed E-state index contributed by atoms with van der Waals surface area (Å²) >= 11 is 2.55. The van der Waals surface area contributed by atoms with Crippen molar-refractivity contribution in [3.05, 3.63) is 0 Å². The predicted molar refractivity (Wildman–Crippen MR) is 69.6 cm³/mol. The Morgan fingerprint density at radius 2 is 1.87 bits per heavy atom. The predicted octanol–water partition coefficient (Wildman–Crippen LogP) is 3.32. The molecule has 2 nitrogen and oxygen atoms in total. The quantitative estimate of drug-likeness (QED) is 0.586. The average molecular weight is 324 g/mol. The number of rotatable bonds is 3. The Morgan fingerprint density at radius 1 is 1.07 bits per heavy atom. The maximum absolute atomic E-state index is 6.00. The van der Waals surface area contributed by atoms with E-state index in [2.05, 4.69) is 22.6 Å². The molecule has 2 fully saturated rings. The molecule has 0 spiro atoms. The first-order valence-electron chi connectivity index (χ1n) is 6.23. The molecular weight excluding hydrogens is 303 g/mol. The molecular formula is C12H21IO2. The van der Waals surface area contributed by atoms with E-state index in [0.717, 1.165) is 17.1 Å². The lowest BCUT2D eigenvalue weighted by Gasteiger charge is -2.30. The van der Waals surface area contributed by atoms with Gasteiger partial charge < -0.3 is 9.47 Å². The third kappa shape index (κ3) is 3.86. The number of ether oxygens (including phenoxy) is 2. The Hall–Kier alpha value is 0.650. The summed E-state index contributed by atoms with van der Waals surface area (Å²) in [5.41, 5.74) is 0. The minimum Gasteiger partial charge on any atom is -0.376 e. The molecule has 0 amide bonds. The Morgan fingerprint density at radius 3 is 2.60 bits per heavy atom. The smallest absolute Gasteiger partial charge is 0.0808 e. The molecule has 0 N–H and O–H groups in total. The van der Waals surface area contributed by atoms with E-state index in [-0.39, 0.29) is 0 Å². The van der Waals surface area contributed by atoms with Crippen LogP contribution in [0.15, 0.2) is 0 Å². The summed E-state index contributed by atoms with van der Waals surface area (Å²) < 4.78 is 12.4. The van der Waals surface area contributed by atoms with Gasteiger partial charge in [-0.1, -0.05) is 35.4 Å². The van der Waals surface area contributed by atoms with Gasteiger partial charge in [-0.3, -0.25) is 0 Å². The van der Waals surface area contributed by atoms with Crippen LogP contribution in [-0.2, 0) is 9.47 Å². The molecule has 0 aromatic carbocycles. The fraction of sp³-hybridized carbons (Fsp3) is 1.00. The van der Waals surface area contributed by atoms with Crippen LogP contribution in [0.25, 0.3) is 0 Å². The molecule has 15 heavy (non-hydrogen) atoms. The summed E-state index contributed by atoms with van der Waals surface area (Å²) in [7, 11) is 0. The molecule has 88 valence electrons. The van der Waals surface area contributed by atoms with E-state index < -0.39 is 0 Å². The van der Waals surface area contributed by atoms with Gasteiger partial charge in [0.15, 0.2) is 0 Å². The number of hydrogen-bond donors (Lipinski definition) is 0. The molecule has 0 bridgehead atoms. The van der Waals surface area contributed by atoms with E-state index in [1.165, 1.54) is 44.9 Å². The van der Waals surface area contributed by atoms with E-state index in [0.29, 0.717) is 12.2 Å². The molecule has 0 aromatic rings. The van der Waals surface area contributed by atoms with Crippen LogP contribution in [-0.4, -0.2) is 29.3 Å². The number of hydrogen-bond acceptors (Lipinski definition) is 2. The lowest BCUT2D eigenvalue weighted by molar-refractivity contribution is -0.0670. The van der Waals surface area contributed by atoms with Crippen molar-refractivity contribution in [2.24, 2.45) is 0 Å². The van der Waals surface area contributed by atoms with Crippen LogP contribution >= 0.6 is 22.6 Å². The SMILES string of the molecule is IC1CCCCC1OCC1CCCCO1. The van der Waals surface area contributed by atoms with Crippen molar-refractivity contribution in [3.63, 3.8) is 0 Å². The lowest BCUT2D eigenvalue weighted by atomic mass is 9.97. The van der Waals surface area contributed by atoms with Gasteiger partial charge in [0.25, 0.3) is 0 Å². The van der Waals surface area contributed by atoms with Crippen molar-refractivity contribution in [3.8, 4) is 0 Å². The van der Waals surface area contributed by atoms with Crippen molar-refractivity contribution < 1.29 is 9.47 Å². The zero-order chi connectivity index (χ0) is 10.5. The third-order valence-electron chi connectivity index (χ3n) is 3.39. The number of alkyl halides is 1. The Labute approximate surface area is 106 Å². The fourth-order valence-electron chi connectivity index (χ4n) is 2.41. The Bertz CT molecular complexity index is 180. The monoisotopic (exact) mass is 324 g/mol. The van der Waals surface area contributed by atoms with Crippen LogP contribution in [0.4, 0.5) is 0 Å². The maximum atomic E-state index is 6.00. The third-order valence-corrected chi connectivity index (χ3v) is 4.82. The molecule has 1 aliphatic heterocycles. The van der Waals surface area contributed by atoms with Gasteiger partial charge in [0.1, 0.15) is 0 Å². The summed E-state index contributed by atoms with van der Waals surface area (Å²) in [6.07, 6.45) is 9.91. The summed E-state index contributed by atoms with van der Waals surface area (Å²) in [6, 6.07) is 0. The van der Waals surface area contributed by atoms with Crippen molar-refractivity contribution in [1.29, 1.82) is 0 Å². The Kier molecular flexibility index (Phi) is 5.17. The second-order valence-electron chi connectivity index (χ2n) is 4.66. The summed E-state index contributed by atoms with van der Waals surface area (Å²) in [4.78, 5) is 0. The molecule has 2 aliphatic rings. The van der Waals surface area contributed by atoms with E-state index in [1.54, 1.807) is 0 Å². The molecule has 3 heteroatoms. The van der Waals surface area contributed by atoms with Crippen molar-refractivity contribution in [2.45, 2.75) is 61.1 Å². The zero-order valence-electron chi connectivity index (χ0n) is 9.29. The summed E-state index contributed by atoms with van der Waals surface area (Å²) in [5.74, 6) is 0. The highest BCUT2D eigenvalue weighted by atomic mass is 127. The van der Waals surface area contributed by atoms with Crippen LogP contribution in [0.3, 0.4) is 0 Å². The van der Waals surface area contributed by atoms with Gasteiger partial charge in [0.2, 0.25) is 0 Å². The van der Waals surface area contributed by atoms with Crippen LogP contribution in [0.1, 0.15) is 44.9 Å². The molecule has 3 unspecified atom stereocenters. The zero-order valence-corrected chi connectivity index (χ0v) is 11.4. The highest BCUT2D eigenvalue weighted by molar-refractivity contribution is 14.1. The highest BCUT2D eigenvalue weighted by Gasteiger charge is 2.24. The molecule has 1 saturated heterocycles. The summed E-state index contributed by atoms with van der Waals surface area (Å²) in [5, 5.41) is 0. The molecule has 0 radical (unpaired) electrons. The van der Waals surface area contributed by atoms with Gasteiger partial charge in [-0.05, 0) is 32.1 Å². The molecule has 1 saturated carbocycles. The molecule has 1 heterocycles. The minimum atomic E-state index is 0.379. The van der Waals surface area contributed by atoms with E-state index in [9.17, 15) is 0 Å². The second kappa shape index (κ2) is 6.40. The normalized spacial score (nSPS) is 37.8. The van der Waals surface area contributed by atoms with Crippen LogP contribution in [0.2, 0.25) is 0 Å². The summed E-state index contributed by atoms with van der Waals surface area (Å²) in [6.45, 7) is 1.76. The first-order valence-corrected chi connectivity index (χ1v) is 7.48. The van der Waals surface area contributed by atoms with E-state index in [4.69, 9.17) is 9.47 Å². The first kappa shape index (κ1) is 12.1. The maximum Gasteiger partial charge on any atom is 0.0808 e. The van der Waals surface area contributed by atoms with Gasteiger partial charge in [0, 0.05) is 10.5 Å². The molecule has 2 rings (SSSR count). The minimum absolute atomic E-state index is 0.379. The van der Waals surface area contributed by atoms with Crippen LogP contribution in [0, 0.1) is 0 Å². The Balaban J connectivity index is 1.67. The average Bonchev–Trinajstić information content (AvgIpc) is 2.29. The molecule has 1 aliphatic carbocycles. The molecule has 3 atom stereocenters. The van der Waals surface area contributed by atoms with Crippen LogP contribution < -0.4 is 0 Å². The van der Waals surface area contributed by atoms with Gasteiger partial charge in [-0.2, -0.15) is 0 Å². The number of halogens is 1. The van der Waals surface area contributed by atoms with Gasteiger partial charge in [-0.15, -0.1) is 0 Å². The molecule has 0 aromatic heterocycles. The lowest BCUT2D eigenvalue weighted by Crippen LogP contribution is -2.33. The topological polar surface area (TPSA) is 18.5 Å². The van der Waals surface area contributed by atoms with Crippen molar-refractivity contribution in [2.75, 3.05) is 13.2 Å². The van der Waals surface area contributed by atoms with E-state index >= 15 is 0 Å². The second-order valence-corrected chi connectivity index (χ2v) is 6.26. The van der Waals surface area contributed by atoms with Crippen molar-refractivity contribution in [1.82, 2.24) is 0 Å². The first-order chi connectivity index (χ1) is 7.36. The fourth-order valence-corrected chi connectivity index (χ4v) is 3.42. The van der Waals surface area contributed by atoms with Gasteiger partial charge >= 0.3 is 0 Å². The standard InChI is InChI=1S/C12H21IO2/c13-11-6-1-2-7-12(11)15-9-10-5-3-4-8-14-10/h10-12H,1-9H2.